The van der Waals surface area contributed by atoms with Gasteiger partial charge in [-0.2, -0.15) is 0 Å². The van der Waals surface area contributed by atoms with E-state index < -0.39 is 10.8 Å². The largest absolute Gasteiger partial charge is 0.383 e. The van der Waals surface area contributed by atoms with Crippen LogP contribution in [0.15, 0.2) is 52.5 Å². The Morgan fingerprint density at radius 3 is 2.70 bits per heavy atom. The minimum Gasteiger partial charge on any atom is -0.383 e. The molecule has 172 valence electrons. The number of anilines is 1. The van der Waals surface area contributed by atoms with Gasteiger partial charge in [0.1, 0.15) is 0 Å². The van der Waals surface area contributed by atoms with Crippen LogP contribution in [0.5, 0.6) is 0 Å². The lowest BCUT2D eigenvalue weighted by atomic mass is 9.97. The number of tetrazole rings is 1. The monoisotopic (exact) mass is 468 g/mol. The molecule has 33 heavy (non-hydrogen) atoms. The molecule has 1 aliphatic rings. The van der Waals surface area contributed by atoms with E-state index in [9.17, 15) is 14.9 Å². The number of carbonyl (C=O) groups is 1. The molecule has 0 saturated heterocycles. The number of nitro benzene ring substituents is 1. The molecule has 1 amide bonds. The van der Waals surface area contributed by atoms with Crippen LogP contribution in [0.3, 0.4) is 0 Å². The summed E-state index contributed by atoms with van der Waals surface area (Å²) in [6.07, 6.45) is 4.91. The van der Waals surface area contributed by atoms with Gasteiger partial charge in [-0.1, -0.05) is 25.0 Å². The Morgan fingerprint density at radius 1 is 1.24 bits per heavy atom. The van der Waals surface area contributed by atoms with Gasteiger partial charge >= 0.3 is 0 Å². The van der Waals surface area contributed by atoms with Crippen molar-refractivity contribution in [3.63, 3.8) is 0 Å². The molecule has 1 heterocycles. The van der Waals surface area contributed by atoms with E-state index in [-0.39, 0.29) is 11.3 Å². The second-order valence-corrected chi connectivity index (χ2v) is 8.78. The van der Waals surface area contributed by atoms with E-state index in [2.05, 4.69) is 20.8 Å². The van der Waals surface area contributed by atoms with Gasteiger partial charge < -0.3 is 10.1 Å². The van der Waals surface area contributed by atoms with E-state index in [4.69, 9.17) is 4.74 Å². The fourth-order valence-electron chi connectivity index (χ4n) is 3.88. The average molecular weight is 469 g/mol. The first-order valence-corrected chi connectivity index (χ1v) is 11.5. The fraction of sp³-hybridized carbons (Fsp3) is 0.364. The summed E-state index contributed by atoms with van der Waals surface area (Å²) in [5, 5.41) is 26.2. The van der Waals surface area contributed by atoms with Gasteiger partial charge in [-0.3, -0.25) is 14.9 Å². The molecular weight excluding hydrogens is 444 g/mol. The van der Waals surface area contributed by atoms with Crippen LogP contribution in [-0.2, 0) is 11.3 Å². The van der Waals surface area contributed by atoms with Crippen molar-refractivity contribution < 1.29 is 14.5 Å². The van der Waals surface area contributed by atoms with E-state index in [0.717, 1.165) is 11.8 Å². The molecule has 1 aliphatic carbocycles. The number of non-ortho nitro benzene ring substituents is 1. The number of hydrogen-bond donors (Lipinski definition) is 1. The van der Waals surface area contributed by atoms with E-state index in [1.165, 1.54) is 49.4 Å². The molecule has 1 N–H and O–H groups in total. The number of nitrogens with zero attached hydrogens (tertiary/aromatic N) is 5. The number of aromatic nitrogens is 4. The van der Waals surface area contributed by atoms with Crippen LogP contribution in [0.4, 0.5) is 11.4 Å². The maximum atomic E-state index is 13.1. The lowest BCUT2D eigenvalue weighted by Crippen LogP contribution is -2.14. The molecule has 0 radical (unpaired) electrons. The van der Waals surface area contributed by atoms with Gasteiger partial charge in [-0.25, -0.2) is 4.68 Å². The summed E-state index contributed by atoms with van der Waals surface area (Å²) >= 11 is 1.16. The Balaban J connectivity index is 1.56. The summed E-state index contributed by atoms with van der Waals surface area (Å²) in [6.45, 7) is 0.858. The fourth-order valence-corrected chi connectivity index (χ4v) is 4.79. The van der Waals surface area contributed by atoms with Crippen molar-refractivity contribution in [1.82, 2.24) is 20.2 Å². The lowest BCUT2D eigenvalue weighted by molar-refractivity contribution is -0.384. The van der Waals surface area contributed by atoms with E-state index >= 15 is 0 Å². The zero-order chi connectivity index (χ0) is 23.2. The first kappa shape index (κ1) is 22.9. The molecule has 1 fully saturated rings. The Morgan fingerprint density at radius 2 is 2.00 bits per heavy atom. The number of nitro groups is 1. The van der Waals surface area contributed by atoms with Crippen molar-refractivity contribution in [2.24, 2.45) is 0 Å². The molecule has 0 aliphatic heterocycles. The summed E-state index contributed by atoms with van der Waals surface area (Å²) < 4.78 is 6.62. The highest BCUT2D eigenvalue weighted by Gasteiger charge is 2.21. The highest BCUT2D eigenvalue weighted by Crippen LogP contribution is 2.35. The van der Waals surface area contributed by atoms with Crippen LogP contribution >= 0.6 is 11.8 Å². The van der Waals surface area contributed by atoms with Gasteiger partial charge in [0.25, 0.3) is 11.6 Å². The molecule has 1 saturated carbocycles. The van der Waals surface area contributed by atoms with E-state index in [1.54, 1.807) is 11.8 Å². The summed E-state index contributed by atoms with van der Waals surface area (Å²) in [5.41, 5.74) is 1.92. The maximum Gasteiger partial charge on any atom is 0.270 e. The predicted octanol–water partition coefficient (Wildman–Crippen LogP) is 4.29. The minimum absolute atomic E-state index is 0.167. The second kappa shape index (κ2) is 10.5. The third kappa shape index (κ3) is 5.55. The zero-order valence-corrected chi connectivity index (χ0v) is 19.0. The number of carbonyl (C=O) groups excluding carboxylic acids is 1. The first-order chi connectivity index (χ1) is 16.0. The highest BCUT2D eigenvalue weighted by molar-refractivity contribution is 7.99. The normalized spacial score (nSPS) is 13.8. The highest BCUT2D eigenvalue weighted by atomic mass is 32.2. The number of ether oxygens (including phenoxy) is 1. The minimum atomic E-state index is -0.524. The molecule has 2 aromatic carbocycles. The van der Waals surface area contributed by atoms with Crippen LogP contribution in [0, 0.1) is 10.1 Å². The average Bonchev–Trinajstić information content (AvgIpc) is 3.51. The van der Waals surface area contributed by atoms with Gasteiger partial charge in [0.2, 0.25) is 5.16 Å². The quantitative estimate of drug-likeness (QED) is 0.364. The summed E-state index contributed by atoms with van der Waals surface area (Å²) in [5.74, 6) is 0.143. The van der Waals surface area contributed by atoms with Crippen LogP contribution < -0.4 is 5.32 Å². The molecule has 0 unspecified atom stereocenters. The molecule has 3 aromatic rings. The molecule has 0 spiro atoms. The van der Waals surface area contributed by atoms with Gasteiger partial charge in [-0.15, -0.1) is 5.10 Å². The molecule has 10 nitrogen and oxygen atoms in total. The number of benzene rings is 2. The Labute approximate surface area is 194 Å². The van der Waals surface area contributed by atoms with E-state index in [1.807, 2.05) is 24.3 Å². The van der Waals surface area contributed by atoms with Crippen molar-refractivity contribution in [2.75, 3.05) is 19.0 Å². The van der Waals surface area contributed by atoms with Crippen LogP contribution in [-0.4, -0.2) is 44.8 Å². The summed E-state index contributed by atoms with van der Waals surface area (Å²) in [4.78, 5) is 24.4. The van der Waals surface area contributed by atoms with Crippen molar-refractivity contribution in [3.8, 4) is 0 Å². The maximum absolute atomic E-state index is 13.1. The van der Waals surface area contributed by atoms with Crippen LogP contribution in [0.1, 0.15) is 47.5 Å². The first-order valence-electron chi connectivity index (χ1n) is 10.7. The van der Waals surface area contributed by atoms with Crippen molar-refractivity contribution >= 4 is 29.0 Å². The van der Waals surface area contributed by atoms with Crippen LogP contribution in [0.2, 0.25) is 0 Å². The Hall–Kier alpha value is -3.31. The van der Waals surface area contributed by atoms with Crippen molar-refractivity contribution in [2.45, 2.75) is 48.2 Å². The topological polar surface area (TPSA) is 125 Å². The lowest BCUT2D eigenvalue weighted by Gasteiger charge is -2.12. The molecule has 0 atom stereocenters. The van der Waals surface area contributed by atoms with Gasteiger partial charge in [0, 0.05) is 29.8 Å². The number of hydrogen-bond acceptors (Lipinski definition) is 8. The second-order valence-electron chi connectivity index (χ2n) is 7.77. The number of nitrogens with one attached hydrogen (secondary N) is 1. The molecule has 4 rings (SSSR count). The summed E-state index contributed by atoms with van der Waals surface area (Å²) in [6, 6.07) is 12.0. The van der Waals surface area contributed by atoms with Gasteiger partial charge in [0.05, 0.1) is 23.6 Å². The Kier molecular flexibility index (Phi) is 7.30. The third-order valence-electron chi connectivity index (χ3n) is 5.62. The third-order valence-corrected chi connectivity index (χ3v) is 6.67. The SMILES string of the molecule is COCCn1nnnc1Sc1ccc([N+](=O)[O-])cc1C(=O)Nc1ccc(C2CCCC2)cc1. The molecule has 11 heteroatoms. The molecule has 0 bridgehead atoms. The standard InChI is InChI=1S/C22H24N6O4S/c1-32-13-12-27-22(24-25-26-27)33-20-11-10-18(28(30)31)14-19(20)21(29)23-17-8-6-16(7-9-17)15-4-2-3-5-15/h6-11,14-15H,2-5,12-13H2,1H3,(H,23,29). The molecule has 1 aromatic heterocycles. The number of methoxy groups -OCH3 is 1. The number of amides is 1. The molecular formula is C22H24N6O4S. The van der Waals surface area contributed by atoms with Crippen molar-refractivity contribution in [3.05, 3.63) is 63.7 Å². The van der Waals surface area contributed by atoms with E-state index in [0.29, 0.717) is 34.8 Å². The van der Waals surface area contributed by atoms with Gasteiger partial charge in [-0.05, 0) is 64.7 Å². The van der Waals surface area contributed by atoms with Gasteiger partial charge in [0.15, 0.2) is 0 Å². The number of rotatable bonds is 9. The Bertz CT molecular complexity index is 1130. The smallest absolute Gasteiger partial charge is 0.270 e. The predicted molar refractivity (Wildman–Crippen MR) is 123 cm³/mol. The van der Waals surface area contributed by atoms with Crippen LogP contribution in [0.25, 0.3) is 0 Å². The summed E-state index contributed by atoms with van der Waals surface area (Å²) in [7, 11) is 1.58. The zero-order valence-electron chi connectivity index (χ0n) is 18.1. The van der Waals surface area contributed by atoms with Crippen molar-refractivity contribution in [1.29, 1.82) is 0 Å².